The van der Waals surface area contributed by atoms with Crippen LogP contribution in [0.5, 0.6) is 5.75 Å². The van der Waals surface area contributed by atoms with Crippen LogP contribution < -0.4 is 15.5 Å². The van der Waals surface area contributed by atoms with E-state index in [4.69, 9.17) is 4.74 Å². The summed E-state index contributed by atoms with van der Waals surface area (Å²) in [5.41, 5.74) is 5.91. The van der Waals surface area contributed by atoms with Gasteiger partial charge in [-0.3, -0.25) is 9.59 Å². The zero-order valence-electron chi connectivity index (χ0n) is 18.3. The highest BCUT2D eigenvalue weighted by molar-refractivity contribution is 6.04. The van der Waals surface area contributed by atoms with E-state index in [1.165, 1.54) is 0 Å². The van der Waals surface area contributed by atoms with Crippen LogP contribution in [-0.2, 0) is 6.61 Å². The molecule has 4 rings (SSSR count). The lowest BCUT2D eigenvalue weighted by Gasteiger charge is -2.09. The molecule has 0 unspecified atom stereocenters. The van der Waals surface area contributed by atoms with Crippen molar-refractivity contribution >= 4 is 23.7 Å². The zero-order valence-corrected chi connectivity index (χ0v) is 18.3. The van der Waals surface area contributed by atoms with E-state index in [2.05, 4.69) is 15.8 Å². The topological polar surface area (TPSA) is 79.8 Å². The van der Waals surface area contributed by atoms with Crippen LogP contribution in [0.3, 0.4) is 0 Å². The minimum absolute atomic E-state index is 0.212. The lowest BCUT2D eigenvalue weighted by molar-refractivity contribution is 0.0954. The molecule has 4 aromatic rings. The summed E-state index contributed by atoms with van der Waals surface area (Å²) >= 11 is 0. The number of hydrogen-bond donors (Lipinski definition) is 2. The summed E-state index contributed by atoms with van der Waals surface area (Å²) < 4.78 is 5.90. The van der Waals surface area contributed by atoms with Gasteiger partial charge >= 0.3 is 0 Å². The van der Waals surface area contributed by atoms with Gasteiger partial charge < -0.3 is 10.1 Å². The van der Waals surface area contributed by atoms with E-state index >= 15 is 0 Å². The van der Waals surface area contributed by atoms with Crippen LogP contribution >= 0.6 is 0 Å². The Kier molecular flexibility index (Phi) is 7.43. The van der Waals surface area contributed by atoms with Crippen molar-refractivity contribution < 1.29 is 14.3 Å². The maximum Gasteiger partial charge on any atom is 0.271 e. The zero-order chi connectivity index (χ0) is 23.6. The largest absolute Gasteiger partial charge is 0.488 e. The molecule has 0 aliphatic heterocycles. The van der Waals surface area contributed by atoms with Gasteiger partial charge in [-0.1, -0.05) is 60.7 Å². The fraction of sp³-hybridized carbons (Fsp3) is 0.0357. The van der Waals surface area contributed by atoms with Crippen LogP contribution in [0.15, 0.2) is 114 Å². The molecule has 168 valence electrons. The molecule has 34 heavy (non-hydrogen) atoms. The molecule has 0 bridgehead atoms. The predicted molar refractivity (Wildman–Crippen MR) is 133 cm³/mol. The first-order valence-corrected chi connectivity index (χ1v) is 10.7. The average molecular weight is 450 g/mol. The van der Waals surface area contributed by atoms with Gasteiger partial charge in [0.1, 0.15) is 12.4 Å². The molecular formula is C28H23N3O3. The standard InChI is InChI=1S/C28H23N3O3/c32-27(22-11-5-2-6-12-22)30-25-17-15-23(16-18-25)28(33)31-29-19-24-13-7-8-14-26(24)34-20-21-9-3-1-4-10-21/h1-19H,20H2,(H,30,32)(H,31,33). The summed E-state index contributed by atoms with van der Waals surface area (Å²) in [4.78, 5) is 24.7. The highest BCUT2D eigenvalue weighted by atomic mass is 16.5. The fourth-order valence-corrected chi connectivity index (χ4v) is 3.18. The Bertz CT molecular complexity index is 1270. The average Bonchev–Trinajstić information content (AvgIpc) is 2.89. The molecule has 0 heterocycles. The molecule has 0 aliphatic carbocycles. The van der Waals surface area contributed by atoms with Gasteiger partial charge in [0.15, 0.2) is 0 Å². The molecule has 6 nitrogen and oxygen atoms in total. The van der Waals surface area contributed by atoms with Gasteiger partial charge in [-0.25, -0.2) is 5.43 Å². The van der Waals surface area contributed by atoms with E-state index in [1.54, 1.807) is 54.7 Å². The van der Waals surface area contributed by atoms with Gasteiger partial charge in [0.25, 0.3) is 11.8 Å². The second-order valence-corrected chi connectivity index (χ2v) is 7.41. The van der Waals surface area contributed by atoms with E-state index < -0.39 is 0 Å². The number of benzene rings is 4. The van der Waals surface area contributed by atoms with Gasteiger partial charge in [0.05, 0.1) is 6.21 Å². The molecule has 0 spiro atoms. The highest BCUT2D eigenvalue weighted by Gasteiger charge is 2.08. The van der Waals surface area contributed by atoms with Crippen molar-refractivity contribution in [1.29, 1.82) is 0 Å². The number of carbonyl (C=O) groups is 2. The van der Waals surface area contributed by atoms with Crippen LogP contribution in [0.25, 0.3) is 0 Å². The lowest BCUT2D eigenvalue weighted by Crippen LogP contribution is -2.18. The monoisotopic (exact) mass is 449 g/mol. The van der Waals surface area contributed by atoms with Crippen molar-refractivity contribution in [2.75, 3.05) is 5.32 Å². The molecule has 6 heteroatoms. The number of anilines is 1. The summed E-state index contributed by atoms with van der Waals surface area (Å²) in [5, 5.41) is 6.87. The lowest BCUT2D eigenvalue weighted by atomic mass is 10.1. The van der Waals surface area contributed by atoms with E-state index in [-0.39, 0.29) is 11.8 Å². The molecule has 0 radical (unpaired) electrons. The van der Waals surface area contributed by atoms with Gasteiger partial charge in [-0.15, -0.1) is 0 Å². The van der Waals surface area contributed by atoms with Crippen molar-refractivity contribution in [3.05, 3.63) is 131 Å². The minimum Gasteiger partial charge on any atom is -0.488 e. The number of carbonyl (C=O) groups excluding carboxylic acids is 2. The third-order valence-electron chi connectivity index (χ3n) is 4.97. The van der Waals surface area contributed by atoms with Crippen LogP contribution in [0, 0.1) is 0 Å². The van der Waals surface area contributed by atoms with Crippen molar-refractivity contribution in [2.45, 2.75) is 6.61 Å². The quantitative estimate of drug-likeness (QED) is 0.284. The highest BCUT2D eigenvalue weighted by Crippen LogP contribution is 2.18. The Hall–Kier alpha value is -4.71. The Morgan fingerprint density at radius 1 is 0.706 bits per heavy atom. The normalized spacial score (nSPS) is 10.6. The predicted octanol–water partition coefficient (Wildman–Crippen LogP) is 5.28. The maximum atomic E-state index is 12.4. The summed E-state index contributed by atoms with van der Waals surface area (Å²) in [7, 11) is 0. The number of hydrazone groups is 1. The number of para-hydroxylation sites is 1. The van der Waals surface area contributed by atoms with Crippen molar-refractivity contribution in [3.63, 3.8) is 0 Å². The van der Waals surface area contributed by atoms with Crippen LogP contribution in [0.1, 0.15) is 31.8 Å². The van der Waals surface area contributed by atoms with Crippen molar-refractivity contribution in [1.82, 2.24) is 5.43 Å². The smallest absolute Gasteiger partial charge is 0.271 e. The second kappa shape index (κ2) is 11.2. The van der Waals surface area contributed by atoms with Gasteiger partial charge in [0.2, 0.25) is 0 Å². The Balaban J connectivity index is 1.33. The summed E-state index contributed by atoms with van der Waals surface area (Å²) in [6.45, 7) is 0.436. The number of rotatable bonds is 8. The number of nitrogens with one attached hydrogen (secondary N) is 2. The van der Waals surface area contributed by atoms with Gasteiger partial charge in [-0.05, 0) is 54.1 Å². The van der Waals surface area contributed by atoms with Crippen LogP contribution in [0.4, 0.5) is 5.69 Å². The van der Waals surface area contributed by atoms with Crippen molar-refractivity contribution in [2.24, 2.45) is 5.10 Å². The molecule has 4 aromatic carbocycles. The fourth-order valence-electron chi connectivity index (χ4n) is 3.18. The summed E-state index contributed by atoms with van der Waals surface area (Å²) in [6.07, 6.45) is 1.55. The maximum absolute atomic E-state index is 12.4. The number of hydrogen-bond acceptors (Lipinski definition) is 4. The minimum atomic E-state index is -0.361. The third kappa shape index (κ3) is 6.17. The van der Waals surface area contributed by atoms with E-state index in [0.717, 1.165) is 11.1 Å². The summed E-state index contributed by atoms with van der Waals surface area (Å²) in [6, 6.07) is 32.9. The SMILES string of the molecule is O=C(NN=Cc1ccccc1OCc1ccccc1)c1ccc(NC(=O)c2ccccc2)cc1. The van der Waals surface area contributed by atoms with Crippen molar-refractivity contribution in [3.8, 4) is 5.75 Å². The van der Waals surface area contributed by atoms with E-state index in [0.29, 0.717) is 29.2 Å². The molecule has 0 atom stereocenters. The number of ether oxygens (including phenoxy) is 1. The molecular weight excluding hydrogens is 426 g/mol. The second-order valence-electron chi connectivity index (χ2n) is 7.41. The van der Waals surface area contributed by atoms with E-state index in [9.17, 15) is 9.59 Å². The van der Waals surface area contributed by atoms with Gasteiger partial charge in [0, 0.05) is 22.4 Å². The summed E-state index contributed by atoms with van der Waals surface area (Å²) in [5.74, 6) is 0.0956. The Labute approximate surface area is 197 Å². The van der Waals surface area contributed by atoms with Gasteiger partial charge in [-0.2, -0.15) is 5.10 Å². The first-order valence-electron chi connectivity index (χ1n) is 10.7. The Morgan fingerprint density at radius 3 is 2.06 bits per heavy atom. The Morgan fingerprint density at radius 2 is 1.32 bits per heavy atom. The molecule has 0 fully saturated rings. The molecule has 2 amide bonds. The molecule has 2 N–H and O–H groups in total. The first-order chi connectivity index (χ1) is 16.7. The third-order valence-corrected chi connectivity index (χ3v) is 4.97. The van der Waals surface area contributed by atoms with E-state index in [1.807, 2.05) is 60.7 Å². The first kappa shape index (κ1) is 22.5. The van der Waals surface area contributed by atoms with Crippen LogP contribution in [-0.4, -0.2) is 18.0 Å². The van der Waals surface area contributed by atoms with Crippen LogP contribution in [0.2, 0.25) is 0 Å². The molecule has 0 aliphatic rings. The molecule has 0 saturated heterocycles. The molecule has 0 saturated carbocycles. The number of nitrogens with zero attached hydrogens (tertiary/aromatic N) is 1. The number of amides is 2. The molecule has 0 aromatic heterocycles.